The number of nitrogens with one attached hydrogen (secondary N) is 1. The van der Waals surface area contributed by atoms with Crippen LogP contribution in [0.1, 0.15) is 11.5 Å². The van der Waals surface area contributed by atoms with Crippen LogP contribution in [0.3, 0.4) is 0 Å². The number of nitrogens with zero attached hydrogens (tertiary/aromatic N) is 1. The molecule has 156 valence electrons. The zero-order chi connectivity index (χ0) is 21.8. The zero-order valence-corrected chi connectivity index (χ0v) is 17.4. The van der Waals surface area contributed by atoms with Crippen molar-refractivity contribution in [3.8, 4) is 23.3 Å². The summed E-state index contributed by atoms with van der Waals surface area (Å²) in [6.07, 6.45) is 1.35. The minimum Gasteiger partial charge on any atom is -0.486 e. The van der Waals surface area contributed by atoms with Crippen LogP contribution in [0, 0.1) is 11.3 Å². The summed E-state index contributed by atoms with van der Waals surface area (Å²) in [5.74, 6) is 1.92. The summed E-state index contributed by atoms with van der Waals surface area (Å²) in [5.41, 5.74) is 0.356. The predicted octanol–water partition coefficient (Wildman–Crippen LogP) is 5.44. The molecule has 0 saturated carbocycles. The number of hydrogen-bond donors (Lipinski definition) is 1. The van der Waals surface area contributed by atoms with Gasteiger partial charge in [0.05, 0.1) is 10.0 Å². The Hall–Kier alpha value is -3.60. The van der Waals surface area contributed by atoms with Gasteiger partial charge in [-0.05, 0) is 36.4 Å². The number of amides is 1. The normalized spacial score (nSPS) is 12.4. The standard InChI is InChI=1S/C22H14Cl2N2O5/c23-18-5-4-15(9-19(18)24)28-11-17-3-2-16(31-17)7-13(10-25)22(27)26-14-1-6-20-21(8-14)30-12-29-20/h1-9H,11-12H2,(H,26,27). The largest absolute Gasteiger partial charge is 0.486 e. The monoisotopic (exact) mass is 456 g/mol. The second-order valence-corrected chi connectivity index (χ2v) is 7.18. The summed E-state index contributed by atoms with van der Waals surface area (Å²) >= 11 is 11.8. The maximum atomic E-state index is 12.5. The lowest BCUT2D eigenvalue weighted by molar-refractivity contribution is -0.112. The van der Waals surface area contributed by atoms with Crippen molar-refractivity contribution < 1.29 is 23.4 Å². The highest BCUT2D eigenvalue weighted by atomic mass is 35.5. The molecule has 9 heteroatoms. The van der Waals surface area contributed by atoms with Gasteiger partial charge in [0.2, 0.25) is 6.79 Å². The highest BCUT2D eigenvalue weighted by molar-refractivity contribution is 6.42. The summed E-state index contributed by atoms with van der Waals surface area (Å²) in [6, 6.07) is 15.1. The van der Waals surface area contributed by atoms with Gasteiger partial charge in [-0.2, -0.15) is 5.26 Å². The second kappa shape index (κ2) is 9.04. The fraction of sp³-hybridized carbons (Fsp3) is 0.0909. The Bertz CT molecular complexity index is 1210. The third-order valence-electron chi connectivity index (χ3n) is 4.24. The molecule has 1 amide bonds. The molecular weight excluding hydrogens is 443 g/mol. The average molecular weight is 457 g/mol. The number of halogens is 2. The van der Waals surface area contributed by atoms with Crippen LogP contribution in [0.15, 0.2) is 58.5 Å². The summed E-state index contributed by atoms with van der Waals surface area (Å²) in [5, 5.41) is 12.9. The number of ether oxygens (including phenoxy) is 3. The molecule has 0 unspecified atom stereocenters. The number of carbonyl (C=O) groups excluding carboxylic acids is 1. The number of benzene rings is 2. The van der Waals surface area contributed by atoms with E-state index in [1.165, 1.54) is 6.08 Å². The summed E-state index contributed by atoms with van der Waals surface area (Å²) < 4.78 is 21.7. The number of furan rings is 1. The van der Waals surface area contributed by atoms with E-state index in [0.29, 0.717) is 44.5 Å². The van der Waals surface area contributed by atoms with E-state index in [0.717, 1.165) is 0 Å². The van der Waals surface area contributed by atoms with Gasteiger partial charge in [-0.3, -0.25) is 4.79 Å². The minimum atomic E-state index is -0.577. The molecule has 0 radical (unpaired) electrons. The van der Waals surface area contributed by atoms with E-state index in [-0.39, 0.29) is 19.0 Å². The van der Waals surface area contributed by atoms with E-state index in [2.05, 4.69) is 5.32 Å². The van der Waals surface area contributed by atoms with Crippen LogP contribution in [0.5, 0.6) is 17.2 Å². The van der Waals surface area contributed by atoms with Gasteiger partial charge in [-0.25, -0.2) is 0 Å². The first-order valence-corrected chi connectivity index (χ1v) is 9.77. The zero-order valence-electron chi connectivity index (χ0n) is 15.9. The van der Waals surface area contributed by atoms with Crippen molar-refractivity contribution in [2.24, 2.45) is 0 Å². The van der Waals surface area contributed by atoms with E-state index in [9.17, 15) is 10.1 Å². The van der Waals surface area contributed by atoms with Gasteiger partial charge >= 0.3 is 0 Å². The third kappa shape index (κ3) is 4.94. The SMILES string of the molecule is N#CC(=Cc1ccc(COc2ccc(Cl)c(Cl)c2)o1)C(=O)Nc1ccc2c(c1)OCO2. The average Bonchev–Trinajstić information content (AvgIpc) is 3.41. The molecule has 2 heterocycles. The lowest BCUT2D eigenvalue weighted by Gasteiger charge is -2.05. The first-order chi connectivity index (χ1) is 15.0. The highest BCUT2D eigenvalue weighted by Gasteiger charge is 2.16. The summed E-state index contributed by atoms with van der Waals surface area (Å²) in [4.78, 5) is 12.5. The van der Waals surface area contributed by atoms with Crippen LogP contribution in [-0.4, -0.2) is 12.7 Å². The predicted molar refractivity (Wildman–Crippen MR) is 114 cm³/mol. The topological polar surface area (TPSA) is 93.7 Å². The molecule has 0 atom stereocenters. The maximum absolute atomic E-state index is 12.5. The Kier molecular flexibility index (Phi) is 6.03. The fourth-order valence-electron chi connectivity index (χ4n) is 2.73. The Morgan fingerprint density at radius 2 is 1.94 bits per heavy atom. The Labute approximate surface area is 187 Å². The lowest BCUT2D eigenvalue weighted by atomic mass is 10.2. The molecule has 0 bridgehead atoms. The number of rotatable bonds is 6. The molecule has 2 aromatic carbocycles. The second-order valence-electron chi connectivity index (χ2n) is 6.36. The molecule has 1 N–H and O–H groups in total. The van der Waals surface area contributed by atoms with Crippen molar-refractivity contribution in [3.05, 3.63) is 75.7 Å². The molecule has 1 aromatic heterocycles. The molecule has 31 heavy (non-hydrogen) atoms. The molecule has 7 nitrogen and oxygen atoms in total. The molecule has 1 aliphatic heterocycles. The van der Waals surface area contributed by atoms with Gasteiger partial charge in [-0.15, -0.1) is 0 Å². The van der Waals surface area contributed by atoms with Gasteiger partial charge in [0.25, 0.3) is 5.91 Å². The van der Waals surface area contributed by atoms with E-state index >= 15 is 0 Å². The molecule has 0 saturated heterocycles. The quantitative estimate of drug-likeness (QED) is 0.392. The summed E-state index contributed by atoms with van der Waals surface area (Å²) in [6.45, 7) is 0.267. The molecule has 0 fully saturated rings. The minimum absolute atomic E-state index is 0.121. The first-order valence-electron chi connectivity index (χ1n) is 9.01. The smallest absolute Gasteiger partial charge is 0.266 e. The Balaban J connectivity index is 1.40. The van der Waals surface area contributed by atoms with Gasteiger partial charge < -0.3 is 23.9 Å². The van der Waals surface area contributed by atoms with Crippen LogP contribution in [0.2, 0.25) is 10.0 Å². The number of fused-ring (bicyclic) bond motifs is 1. The fourth-order valence-corrected chi connectivity index (χ4v) is 3.02. The molecule has 3 aromatic rings. The Morgan fingerprint density at radius 3 is 2.74 bits per heavy atom. The van der Waals surface area contributed by atoms with Crippen LogP contribution in [0.25, 0.3) is 6.08 Å². The van der Waals surface area contributed by atoms with Crippen molar-refractivity contribution in [2.45, 2.75) is 6.61 Å². The number of hydrogen-bond acceptors (Lipinski definition) is 6. The van der Waals surface area contributed by atoms with Crippen LogP contribution < -0.4 is 19.5 Å². The highest BCUT2D eigenvalue weighted by Crippen LogP contribution is 2.34. The Morgan fingerprint density at radius 1 is 1.10 bits per heavy atom. The van der Waals surface area contributed by atoms with Crippen molar-refractivity contribution in [1.82, 2.24) is 0 Å². The van der Waals surface area contributed by atoms with Crippen LogP contribution in [-0.2, 0) is 11.4 Å². The number of carbonyl (C=O) groups is 1. The third-order valence-corrected chi connectivity index (χ3v) is 4.98. The van der Waals surface area contributed by atoms with E-state index < -0.39 is 5.91 Å². The number of nitriles is 1. The summed E-state index contributed by atoms with van der Waals surface area (Å²) in [7, 11) is 0. The van der Waals surface area contributed by atoms with Gasteiger partial charge in [0.1, 0.15) is 35.5 Å². The molecule has 0 aliphatic carbocycles. The van der Waals surface area contributed by atoms with E-state index in [1.807, 2.05) is 6.07 Å². The van der Waals surface area contributed by atoms with Crippen molar-refractivity contribution in [1.29, 1.82) is 5.26 Å². The van der Waals surface area contributed by atoms with Gasteiger partial charge in [0, 0.05) is 23.9 Å². The lowest BCUT2D eigenvalue weighted by Crippen LogP contribution is -2.13. The molecule has 0 spiro atoms. The van der Waals surface area contributed by atoms with E-state index in [1.54, 1.807) is 48.5 Å². The van der Waals surface area contributed by atoms with Crippen molar-refractivity contribution in [3.63, 3.8) is 0 Å². The van der Waals surface area contributed by atoms with Crippen LogP contribution >= 0.6 is 23.2 Å². The van der Waals surface area contributed by atoms with Crippen molar-refractivity contribution in [2.75, 3.05) is 12.1 Å². The van der Waals surface area contributed by atoms with Gasteiger partial charge in [0.15, 0.2) is 11.5 Å². The molecule has 1 aliphatic rings. The van der Waals surface area contributed by atoms with E-state index in [4.69, 9.17) is 41.8 Å². The van der Waals surface area contributed by atoms with Crippen molar-refractivity contribution >= 4 is 40.9 Å². The maximum Gasteiger partial charge on any atom is 0.266 e. The first kappa shape index (κ1) is 20.7. The van der Waals surface area contributed by atoms with Crippen LogP contribution in [0.4, 0.5) is 5.69 Å². The number of anilines is 1. The molecular formula is C22H14Cl2N2O5. The van der Waals surface area contributed by atoms with Gasteiger partial charge in [-0.1, -0.05) is 23.2 Å². The molecule has 4 rings (SSSR count).